The number of halogens is 1. The van der Waals surface area contributed by atoms with Crippen molar-refractivity contribution in [2.24, 2.45) is 7.05 Å². The van der Waals surface area contributed by atoms with Crippen molar-refractivity contribution in [3.63, 3.8) is 0 Å². The number of aryl methyl sites for hydroxylation is 2. The van der Waals surface area contributed by atoms with Crippen molar-refractivity contribution < 1.29 is 12.8 Å². The lowest BCUT2D eigenvalue weighted by Crippen LogP contribution is -2.36. The minimum Gasteiger partial charge on any atom is -0.415 e. The van der Waals surface area contributed by atoms with Gasteiger partial charge < -0.3 is 4.42 Å². The van der Waals surface area contributed by atoms with E-state index in [1.54, 1.807) is 22.9 Å². The average molecular weight is 470 g/mol. The van der Waals surface area contributed by atoms with E-state index in [4.69, 9.17) is 16.0 Å². The Bertz CT molecular complexity index is 1410. The molecule has 0 N–H and O–H groups in total. The molecule has 0 saturated heterocycles. The van der Waals surface area contributed by atoms with Gasteiger partial charge in [0.15, 0.2) is 5.69 Å². The summed E-state index contributed by atoms with van der Waals surface area (Å²) in [6.45, 7) is 2.52. The summed E-state index contributed by atoms with van der Waals surface area (Å²) < 4.78 is 35.5. The van der Waals surface area contributed by atoms with Crippen molar-refractivity contribution in [3.05, 3.63) is 70.4 Å². The number of sulfonamides is 1. The van der Waals surface area contributed by atoms with Crippen LogP contribution < -0.4 is 0 Å². The molecule has 5 rings (SSSR count). The third-order valence-corrected chi connectivity index (χ3v) is 7.64. The normalized spacial score (nSPS) is 14.5. The second-order valence-electron chi connectivity index (χ2n) is 7.72. The zero-order valence-electron chi connectivity index (χ0n) is 17.5. The van der Waals surface area contributed by atoms with Gasteiger partial charge in [-0.15, -0.1) is 10.2 Å². The Labute approximate surface area is 190 Å². The van der Waals surface area contributed by atoms with Crippen molar-refractivity contribution in [1.29, 1.82) is 0 Å². The molecule has 4 aromatic rings. The molecule has 1 aliphatic heterocycles. The zero-order chi connectivity index (χ0) is 22.5. The number of aromatic nitrogens is 4. The fourth-order valence-electron chi connectivity index (χ4n) is 3.85. The van der Waals surface area contributed by atoms with Gasteiger partial charge in [0.25, 0.3) is 5.89 Å². The molecule has 0 radical (unpaired) electrons. The van der Waals surface area contributed by atoms with Gasteiger partial charge in [0.1, 0.15) is 0 Å². The first-order valence-electron chi connectivity index (χ1n) is 10.0. The van der Waals surface area contributed by atoms with Crippen LogP contribution in [-0.4, -0.2) is 39.2 Å². The van der Waals surface area contributed by atoms with Gasteiger partial charge in [-0.25, -0.2) is 8.42 Å². The van der Waals surface area contributed by atoms with Gasteiger partial charge in [-0.3, -0.25) is 4.68 Å². The summed E-state index contributed by atoms with van der Waals surface area (Å²) >= 11 is 6.02. The molecule has 164 valence electrons. The van der Waals surface area contributed by atoms with E-state index in [1.807, 2.05) is 38.2 Å². The van der Waals surface area contributed by atoms with Crippen LogP contribution in [0.2, 0.25) is 5.02 Å². The molecular formula is C22H20ClN5O3S. The lowest BCUT2D eigenvalue weighted by molar-refractivity contribution is 0.386. The van der Waals surface area contributed by atoms with Crippen molar-refractivity contribution in [1.82, 2.24) is 24.3 Å². The van der Waals surface area contributed by atoms with Crippen LogP contribution in [-0.2, 0) is 30.0 Å². The lowest BCUT2D eigenvalue weighted by atomic mass is 10.1. The third kappa shape index (κ3) is 3.62. The van der Waals surface area contributed by atoms with Gasteiger partial charge in [0.2, 0.25) is 15.9 Å². The molecule has 2 aromatic carbocycles. The maximum Gasteiger partial charge on any atom is 0.268 e. The summed E-state index contributed by atoms with van der Waals surface area (Å²) in [5.41, 5.74) is 4.16. The highest BCUT2D eigenvalue weighted by Crippen LogP contribution is 2.33. The van der Waals surface area contributed by atoms with E-state index in [-0.39, 0.29) is 17.3 Å². The lowest BCUT2D eigenvalue weighted by Gasteiger charge is -2.26. The van der Waals surface area contributed by atoms with Gasteiger partial charge in [-0.2, -0.15) is 9.40 Å². The average Bonchev–Trinajstić information content (AvgIpc) is 3.39. The minimum absolute atomic E-state index is 0.162. The molecule has 0 spiro atoms. The van der Waals surface area contributed by atoms with Crippen molar-refractivity contribution in [3.8, 4) is 23.0 Å². The Morgan fingerprint density at radius 3 is 2.56 bits per heavy atom. The minimum atomic E-state index is -3.71. The van der Waals surface area contributed by atoms with Gasteiger partial charge >= 0.3 is 0 Å². The molecule has 0 amide bonds. The Morgan fingerprint density at radius 1 is 1.06 bits per heavy atom. The zero-order valence-corrected chi connectivity index (χ0v) is 19.1. The molecule has 0 bridgehead atoms. The monoisotopic (exact) mass is 469 g/mol. The topological polar surface area (TPSA) is 94.1 Å². The van der Waals surface area contributed by atoms with Crippen LogP contribution in [0.3, 0.4) is 0 Å². The van der Waals surface area contributed by atoms with Gasteiger partial charge in [-0.05, 0) is 37.3 Å². The highest BCUT2D eigenvalue weighted by atomic mass is 35.5. The Kier molecular flexibility index (Phi) is 5.11. The number of fused-ring (bicyclic) bond motifs is 1. The molecule has 8 nitrogen and oxygen atoms in total. The van der Waals surface area contributed by atoms with Crippen LogP contribution in [0.1, 0.15) is 16.8 Å². The second kappa shape index (κ2) is 7.84. The van der Waals surface area contributed by atoms with Crippen LogP contribution in [0.4, 0.5) is 0 Å². The van der Waals surface area contributed by atoms with E-state index in [1.165, 1.54) is 10.4 Å². The third-order valence-electron chi connectivity index (χ3n) is 5.57. The highest BCUT2D eigenvalue weighted by molar-refractivity contribution is 7.89. The number of rotatable bonds is 4. The molecule has 0 aliphatic carbocycles. The van der Waals surface area contributed by atoms with Crippen LogP contribution in [0.5, 0.6) is 0 Å². The predicted octanol–water partition coefficient (Wildman–Crippen LogP) is 3.85. The van der Waals surface area contributed by atoms with Crippen molar-refractivity contribution >= 4 is 21.6 Å². The van der Waals surface area contributed by atoms with Crippen molar-refractivity contribution in [2.45, 2.75) is 24.8 Å². The highest BCUT2D eigenvalue weighted by Gasteiger charge is 2.33. The van der Waals surface area contributed by atoms with E-state index in [0.29, 0.717) is 29.6 Å². The molecule has 0 fully saturated rings. The summed E-state index contributed by atoms with van der Waals surface area (Å²) in [5.74, 6) is 0.651. The van der Waals surface area contributed by atoms with E-state index in [9.17, 15) is 8.42 Å². The predicted molar refractivity (Wildman–Crippen MR) is 119 cm³/mol. The molecule has 0 atom stereocenters. The summed E-state index contributed by atoms with van der Waals surface area (Å²) in [4.78, 5) is 0.165. The maximum absolute atomic E-state index is 13.2. The van der Waals surface area contributed by atoms with Crippen LogP contribution >= 0.6 is 11.6 Å². The Balaban J connectivity index is 1.50. The first-order valence-corrected chi connectivity index (χ1v) is 11.9. The Hall–Kier alpha value is -3.01. The van der Waals surface area contributed by atoms with Gasteiger partial charge in [0.05, 0.1) is 4.90 Å². The number of benzene rings is 2. The van der Waals surface area contributed by atoms with Crippen molar-refractivity contribution in [2.75, 3.05) is 6.54 Å². The fraction of sp³-hybridized carbons (Fsp3) is 0.227. The van der Waals surface area contributed by atoms with E-state index < -0.39 is 10.0 Å². The molecule has 10 heteroatoms. The van der Waals surface area contributed by atoms with Crippen LogP contribution in [0, 0.1) is 6.92 Å². The van der Waals surface area contributed by atoms with E-state index in [2.05, 4.69) is 15.3 Å². The largest absolute Gasteiger partial charge is 0.415 e. The molecule has 1 aliphatic rings. The summed E-state index contributed by atoms with van der Waals surface area (Å²) in [6.07, 6.45) is 0.525. The SMILES string of the molecule is Cc1ccc(-c2nnc(-c3nn(C)c4c3CN(S(=O)(=O)c3cccc(Cl)c3)CC4)o2)cc1. The smallest absolute Gasteiger partial charge is 0.268 e. The van der Waals surface area contributed by atoms with Crippen LogP contribution in [0.25, 0.3) is 23.0 Å². The standard InChI is InChI=1S/C22H20ClN5O3S/c1-14-6-8-15(9-7-14)21-24-25-22(31-21)20-18-13-28(11-10-19(18)27(2)26-20)32(29,30)17-5-3-4-16(23)12-17/h3-9,12H,10-11,13H2,1-2H3. The first-order chi connectivity index (χ1) is 15.3. The Morgan fingerprint density at radius 2 is 1.81 bits per heavy atom. The van der Waals surface area contributed by atoms with Gasteiger partial charge in [0, 0.05) is 48.4 Å². The fourth-order valence-corrected chi connectivity index (χ4v) is 5.56. The summed E-state index contributed by atoms with van der Waals surface area (Å²) in [5, 5.41) is 13.3. The second-order valence-corrected chi connectivity index (χ2v) is 10.1. The summed E-state index contributed by atoms with van der Waals surface area (Å²) in [6, 6.07) is 14.1. The molecular weight excluding hydrogens is 450 g/mol. The first kappa shape index (κ1) is 20.9. The van der Waals surface area contributed by atoms with E-state index >= 15 is 0 Å². The maximum atomic E-state index is 13.2. The quantitative estimate of drug-likeness (QED) is 0.450. The van der Waals surface area contributed by atoms with E-state index in [0.717, 1.165) is 22.4 Å². The molecule has 32 heavy (non-hydrogen) atoms. The number of hydrogen-bond donors (Lipinski definition) is 0. The number of hydrogen-bond acceptors (Lipinski definition) is 6. The van der Waals surface area contributed by atoms with Gasteiger partial charge in [-0.1, -0.05) is 35.4 Å². The number of nitrogens with zero attached hydrogens (tertiary/aromatic N) is 5. The molecule has 3 heterocycles. The molecule has 2 aromatic heterocycles. The molecule has 0 unspecified atom stereocenters. The molecule has 0 saturated carbocycles. The summed E-state index contributed by atoms with van der Waals surface area (Å²) in [7, 11) is -1.88. The van der Waals surface area contributed by atoms with Crippen LogP contribution in [0.15, 0.2) is 57.8 Å².